The minimum absolute atomic E-state index is 0.379. The Morgan fingerprint density at radius 2 is 1.40 bits per heavy atom. The fraction of sp³-hybridized carbons (Fsp3) is 0.957. The quantitative estimate of drug-likeness (QED) is 0.422. The summed E-state index contributed by atoms with van der Waals surface area (Å²) in [4.78, 5) is 12.2. The molecule has 0 aromatic heterocycles. The van der Waals surface area contributed by atoms with Crippen molar-refractivity contribution < 1.29 is 9.90 Å². The van der Waals surface area contributed by atoms with Gasteiger partial charge in [-0.25, -0.2) is 0 Å². The molecule has 2 aliphatic rings. The minimum Gasteiger partial charge on any atom is -0.481 e. The summed E-state index contributed by atoms with van der Waals surface area (Å²) in [7, 11) is 0. The fourth-order valence-electron chi connectivity index (χ4n) is 5.73. The maximum absolute atomic E-state index is 12.2. The third-order valence-electron chi connectivity index (χ3n) is 7.46. The van der Waals surface area contributed by atoms with E-state index in [0.717, 1.165) is 37.5 Å². The number of carbonyl (C=O) groups is 1. The van der Waals surface area contributed by atoms with Crippen LogP contribution in [0.4, 0.5) is 0 Å². The van der Waals surface area contributed by atoms with Crippen molar-refractivity contribution in [2.24, 2.45) is 23.2 Å². The summed E-state index contributed by atoms with van der Waals surface area (Å²) in [6.07, 6.45) is 19.8. The Morgan fingerprint density at radius 1 is 0.800 bits per heavy atom. The van der Waals surface area contributed by atoms with Gasteiger partial charge in [-0.05, 0) is 56.3 Å². The number of aliphatic carboxylic acids is 1. The molecule has 0 unspecified atom stereocenters. The van der Waals surface area contributed by atoms with Crippen LogP contribution in [-0.4, -0.2) is 11.1 Å². The van der Waals surface area contributed by atoms with Crippen molar-refractivity contribution in [1.82, 2.24) is 0 Å². The van der Waals surface area contributed by atoms with Crippen molar-refractivity contribution in [3.63, 3.8) is 0 Å². The van der Waals surface area contributed by atoms with Crippen LogP contribution in [0.2, 0.25) is 0 Å². The highest BCUT2D eigenvalue weighted by molar-refractivity contribution is 5.75. The number of hydrogen-bond donors (Lipinski definition) is 1. The highest BCUT2D eigenvalue weighted by Gasteiger charge is 2.48. The van der Waals surface area contributed by atoms with E-state index in [2.05, 4.69) is 13.8 Å². The van der Waals surface area contributed by atoms with Gasteiger partial charge < -0.3 is 5.11 Å². The van der Waals surface area contributed by atoms with Crippen molar-refractivity contribution in [2.45, 2.75) is 117 Å². The van der Waals surface area contributed by atoms with Crippen LogP contribution in [0.3, 0.4) is 0 Å². The highest BCUT2D eigenvalue weighted by atomic mass is 16.4. The third kappa shape index (κ3) is 5.73. The Hall–Kier alpha value is -0.530. The van der Waals surface area contributed by atoms with Crippen molar-refractivity contribution >= 4 is 5.97 Å². The molecule has 2 fully saturated rings. The first-order chi connectivity index (χ1) is 12.1. The Bertz CT molecular complexity index is 374. The van der Waals surface area contributed by atoms with Crippen LogP contribution in [-0.2, 0) is 4.79 Å². The molecule has 0 saturated heterocycles. The lowest BCUT2D eigenvalue weighted by molar-refractivity contribution is -0.157. The van der Waals surface area contributed by atoms with Crippen LogP contribution in [0.1, 0.15) is 117 Å². The molecule has 0 atom stereocenters. The van der Waals surface area contributed by atoms with E-state index in [-0.39, 0.29) is 5.41 Å². The second-order valence-corrected chi connectivity index (χ2v) is 9.11. The Balaban J connectivity index is 1.79. The largest absolute Gasteiger partial charge is 0.481 e. The summed E-state index contributed by atoms with van der Waals surface area (Å²) in [5.41, 5.74) is -0.379. The van der Waals surface area contributed by atoms with Crippen LogP contribution < -0.4 is 0 Å². The number of unbranched alkanes of at least 4 members (excludes halogenated alkanes) is 4. The standard InChI is InChI=1S/C23H42O2/c1-3-5-6-7-8-10-20-15-17-23(18-16-20,22(24)25)21-13-11-19(9-4-2)12-14-21/h19-21H,3-18H2,1-2H3,(H,24,25). The molecule has 0 bridgehead atoms. The summed E-state index contributed by atoms with van der Waals surface area (Å²) in [5.74, 6) is 1.63. The van der Waals surface area contributed by atoms with Crippen molar-refractivity contribution in [2.75, 3.05) is 0 Å². The molecule has 0 spiro atoms. The zero-order chi connectivity index (χ0) is 18.1. The molecule has 0 aromatic carbocycles. The molecule has 2 saturated carbocycles. The first-order valence-electron chi connectivity index (χ1n) is 11.4. The van der Waals surface area contributed by atoms with E-state index < -0.39 is 5.97 Å². The van der Waals surface area contributed by atoms with Gasteiger partial charge in [-0.3, -0.25) is 4.79 Å². The van der Waals surface area contributed by atoms with E-state index in [1.807, 2.05) is 0 Å². The maximum atomic E-state index is 12.2. The molecule has 0 aliphatic heterocycles. The number of carboxylic acid groups (broad SMARTS) is 1. The summed E-state index contributed by atoms with van der Waals surface area (Å²) in [6, 6.07) is 0. The monoisotopic (exact) mass is 350 g/mol. The molecular formula is C23H42O2. The summed E-state index contributed by atoms with van der Waals surface area (Å²) >= 11 is 0. The van der Waals surface area contributed by atoms with Gasteiger partial charge in [-0.15, -0.1) is 0 Å². The SMILES string of the molecule is CCCCCCCC1CCC(C(=O)O)(C2CCC(CCC)CC2)CC1. The molecule has 2 nitrogen and oxygen atoms in total. The molecule has 2 heteroatoms. The van der Waals surface area contributed by atoms with Crippen LogP contribution in [0.25, 0.3) is 0 Å². The molecule has 2 aliphatic carbocycles. The average molecular weight is 351 g/mol. The van der Waals surface area contributed by atoms with E-state index in [9.17, 15) is 9.90 Å². The minimum atomic E-state index is -0.479. The van der Waals surface area contributed by atoms with E-state index in [0.29, 0.717) is 5.92 Å². The lowest BCUT2D eigenvalue weighted by Gasteiger charge is -2.45. The van der Waals surface area contributed by atoms with E-state index in [1.165, 1.54) is 77.0 Å². The number of carboxylic acids is 1. The van der Waals surface area contributed by atoms with Crippen LogP contribution in [0.15, 0.2) is 0 Å². The van der Waals surface area contributed by atoms with E-state index >= 15 is 0 Å². The van der Waals surface area contributed by atoms with Gasteiger partial charge in [-0.1, -0.05) is 78.1 Å². The topological polar surface area (TPSA) is 37.3 Å². The van der Waals surface area contributed by atoms with Gasteiger partial charge in [-0.2, -0.15) is 0 Å². The average Bonchev–Trinajstić information content (AvgIpc) is 2.63. The van der Waals surface area contributed by atoms with E-state index in [1.54, 1.807) is 0 Å². The zero-order valence-electron chi connectivity index (χ0n) is 16.9. The normalized spacial score (nSPS) is 33.3. The van der Waals surface area contributed by atoms with Gasteiger partial charge in [0.25, 0.3) is 0 Å². The second kappa shape index (κ2) is 10.6. The molecule has 25 heavy (non-hydrogen) atoms. The predicted molar refractivity (Wildman–Crippen MR) is 106 cm³/mol. The first-order valence-corrected chi connectivity index (χ1v) is 11.4. The van der Waals surface area contributed by atoms with Crippen LogP contribution in [0.5, 0.6) is 0 Å². The van der Waals surface area contributed by atoms with Crippen molar-refractivity contribution in [3.8, 4) is 0 Å². The maximum Gasteiger partial charge on any atom is 0.309 e. The van der Waals surface area contributed by atoms with Gasteiger partial charge in [0.05, 0.1) is 5.41 Å². The van der Waals surface area contributed by atoms with Crippen LogP contribution >= 0.6 is 0 Å². The molecule has 0 amide bonds. The number of hydrogen-bond acceptors (Lipinski definition) is 1. The van der Waals surface area contributed by atoms with Gasteiger partial charge >= 0.3 is 5.97 Å². The molecule has 0 heterocycles. The molecular weight excluding hydrogens is 308 g/mol. The van der Waals surface area contributed by atoms with Gasteiger partial charge in [0, 0.05) is 0 Å². The second-order valence-electron chi connectivity index (χ2n) is 9.11. The number of rotatable bonds is 10. The molecule has 2 rings (SSSR count). The van der Waals surface area contributed by atoms with Crippen molar-refractivity contribution in [1.29, 1.82) is 0 Å². The first kappa shape index (κ1) is 20.8. The third-order valence-corrected chi connectivity index (χ3v) is 7.46. The molecule has 1 N–H and O–H groups in total. The lowest BCUT2D eigenvalue weighted by atomic mass is 9.58. The van der Waals surface area contributed by atoms with Gasteiger partial charge in [0.2, 0.25) is 0 Å². The molecule has 0 aromatic rings. The van der Waals surface area contributed by atoms with Crippen molar-refractivity contribution in [3.05, 3.63) is 0 Å². The molecule has 0 radical (unpaired) electrons. The fourth-order valence-corrected chi connectivity index (χ4v) is 5.73. The predicted octanol–water partition coefficient (Wildman–Crippen LogP) is 7.21. The molecule has 146 valence electrons. The summed E-state index contributed by atoms with van der Waals surface area (Å²) in [6.45, 7) is 4.54. The zero-order valence-corrected chi connectivity index (χ0v) is 16.9. The Kier molecular flexibility index (Phi) is 8.79. The van der Waals surface area contributed by atoms with Gasteiger partial charge in [0.1, 0.15) is 0 Å². The van der Waals surface area contributed by atoms with Crippen LogP contribution in [0, 0.1) is 23.2 Å². The summed E-state index contributed by atoms with van der Waals surface area (Å²) < 4.78 is 0. The smallest absolute Gasteiger partial charge is 0.309 e. The summed E-state index contributed by atoms with van der Waals surface area (Å²) in [5, 5.41) is 10.1. The highest BCUT2D eigenvalue weighted by Crippen LogP contribution is 2.51. The Labute approximate surface area is 156 Å². The lowest BCUT2D eigenvalue weighted by Crippen LogP contribution is -2.43. The Morgan fingerprint density at radius 3 is 1.96 bits per heavy atom. The van der Waals surface area contributed by atoms with E-state index in [4.69, 9.17) is 0 Å². The van der Waals surface area contributed by atoms with Gasteiger partial charge in [0.15, 0.2) is 0 Å².